The number of aryl methyl sites for hydroxylation is 1. The Morgan fingerprint density at radius 2 is 2.50 bits per heavy atom. The van der Waals surface area contributed by atoms with E-state index in [4.69, 9.17) is 12.2 Å². The number of tetrazole rings is 1. The first-order chi connectivity index (χ1) is 4.84. The van der Waals surface area contributed by atoms with Gasteiger partial charge in [-0.2, -0.15) is 5.21 Å². The van der Waals surface area contributed by atoms with Gasteiger partial charge in [0.1, 0.15) is 0 Å². The van der Waals surface area contributed by atoms with Gasteiger partial charge in [0.25, 0.3) is 0 Å². The van der Waals surface area contributed by atoms with Crippen molar-refractivity contribution < 1.29 is 0 Å². The quantitative estimate of drug-likeness (QED) is 0.671. The lowest BCUT2D eigenvalue weighted by Gasteiger charge is -1.95. The first-order valence-electron chi connectivity index (χ1n) is 3.32. The molecule has 1 heterocycles. The maximum absolute atomic E-state index is 4.86. The number of H-pyrrole nitrogens is 1. The number of hydrogen-bond acceptors (Lipinski definition) is 3. The van der Waals surface area contributed by atoms with Crippen molar-refractivity contribution in [2.75, 3.05) is 0 Å². The van der Waals surface area contributed by atoms with Crippen molar-refractivity contribution in [3.63, 3.8) is 0 Å². The molecule has 1 aromatic rings. The first-order valence-corrected chi connectivity index (χ1v) is 3.73. The summed E-state index contributed by atoms with van der Waals surface area (Å²) in [7, 11) is 0. The highest BCUT2D eigenvalue weighted by Crippen LogP contribution is 1.91. The van der Waals surface area contributed by atoms with Crippen LogP contribution in [0.5, 0.6) is 0 Å². The van der Waals surface area contributed by atoms with E-state index in [1.54, 1.807) is 4.68 Å². The maximum atomic E-state index is 4.86. The molecule has 0 amide bonds. The van der Waals surface area contributed by atoms with Crippen LogP contribution in [-0.2, 0) is 6.54 Å². The topological polar surface area (TPSA) is 46.5 Å². The zero-order valence-corrected chi connectivity index (χ0v) is 6.69. The number of aromatic amines is 1. The second kappa shape index (κ2) is 3.46. The molecule has 1 N–H and O–H groups in total. The Labute approximate surface area is 64.2 Å². The summed E-state index contributed by atoms with van der Waals surface area (Å²) in [4.78, 5) is 0. The van der Waals surface area contributed by atoms with Crippen molar-refractivity contribution in [2.24, 2.45) is 0 Å². The summed E-state index contributed by atoms with van der Waals surface area (Å²) in [5, 5.41) is 9.89. The van der Waals surface area contributed by atoms with Crippen LogP contribution in [0.1, 0.15) is 19.8 Å². The van der Waals surface area contributed by atoms with Crippen LogP contribution in [0.4, 0.5) is 0 Å². The molecular weight excluding hydrogens is 148 g/mol. The fourth-order valence-corrected chi connectivity index (χ4v) is 0.851. The lowest BCUT2D eigenvalue weighted by molar-refractivity contribution is 0.548. The summed E-state index contributed by atoms with van der Waals surface area (Å²) in [6.07, 6.45) is 2.26. The van der Waals surface area contributed by atoms with Gasteiger partial charge in [0.2, 0.25) is 4.77 Å². The predicted molar refractivity (Wildman–Crippen MR) is 40.1 cm³/mol. The molecule has 10 heavy (non-hydrogen) atoms. The van der Waals surface area contributed by atoms with Crippen LogP contribution in [-0.4, -0.2) is 20.2 Å². The Kier molecular flexibility index (Phi) is 2.56. The second-order valence-corrected chi connectivity index (χ2v) is 2.45. The summed E-state index contributed by atoms with van der Waals surface area (Å²) >= 11 is 4.86. The van der Waals surface area contributed by atoms with Gasteiger partial charge in [-0.1, -0.05) is 23.7 Å². The van der Waals surface area contributed by atoms with Gasteiger partial charge in [0, 0.05) is 6.54 Å². The van der Waals surface area contributed by atoms with Gasteiger partial charge in [-0.15, -0.1) is 0 Å². The van der Waals surface area contributed by atoms with Crippen LogP contribution in [0, 0.1) is 4.77 Å². The fourth-order valence-electron chi connectivity index (χ4n) is 0.678. The Morgan fingerprint density at radius 1 is 1.70 bits per heavy atom. The van der Waals surface area contributed by atoms with E-state index in [1.165, 1.54) is 0 Å². The second-order valence-electron chi connectivity index (χ2n) is 2.09. The number of aromatic nitrogens is 4. The highest BCUT2D eigenvalue weighted by atomic mass is 32.1. The standard InChI is InChI=1S/C5H10N4S/c1-2-3-4-9-5(10)6-7-8-9/h2-4H2,1H3,(H,6,8,10). The molecule has 0 fully saturated rings. The summed E-state index contributed by atoms with van der Waals surface area (Å²) < 4.78 is 2.30. The third-order valence-corrected chi connectivity index (χ3v) is 1.57. The SMILES string of the molecule is CCCCn1[nH]nnc1=S. The van der Waals surface area contributed by atoms with E-state index in [0.29, 0.717) is 4.77 Å². The molecule has 0 aromatic carbocycles. The normalized spacial score (nSPS) is 10.1. The van der Waals surface area contributed by atoms with Crippen LogP contribution < -0.4 is 0 Å². The summed E-state index contributed by atoms with van der Waals surface area (Å²) in [6.45, 7) is 3.02. The average molecular weight is 158 g/mol. The monoisotopic (exact) mass is 158 g/mol. The Balaban J connectivity index is 2.57. The number of unbranched alkanes of at least 4 members (excludes halogenated alkanes) is 1. The minimum Gasteiger partial charge on any atom is -0.242 e. The van der Waals surface area contributed by atoms with E-state index >= 15 is 0 Å². The largest absolute Gasteiger partial charge is 0.242 e. The van der Waals surface area contributed by atoms with E-state index in [0.717, 1.165) is 19.4 Å². The van der Waals surface area contributed by atoms with Crippen molar-refractivity contribution in [1.29, 1.82) is 0 Å². The number of hydrogen-bond donors (Lipinski definition) is 1. The maximum Gasteiger partial charge on any atom is 0.238 e. The van der Waals surface area contributed by atoms with Crippen molar-refractivity contribution >= 4 is 12.2 Å². The van der Waals surface area contributed by atoms with E-state index < -0.39 is 0 Å². The van der Waals surface area contributed by atoms with Crippen molar-refractivity contribution in [1.82, 2.24) is 20.2 Å². The minimum absolute atomic E-state index is 0.536. The van der Waals surface area contributed by atoms with Gasteiger partial charge in [-0.25, -0.2) is 4.68 Å². The lowest BCUT2D eigenvalue weighted by Crippen LogP contribution is -1.99. The molecule has 1 aromatic heterocycles. The highest BCUT2D eigenvalue weighted by molar-refractivity contribution is 7.71. The highest BCUT2D eigenvalue weighted by Gasteiger charge is 1.91. The minimum atomic E-state index is 0.536. The zero-order chi connectivity index (χ0) is 7.40. The molecule has 0 aliphatic heterocycles. The number of rotatable bonds is 3. The summed E-state index contributed by atoms with van der Waals surface area (Å²) in [5.41, 5.74) is 0. The zero-order valence-electron chi connectivity index (χ0n) is 5.87. The van der Waals surface area contributed by atoms with E-state index in [1.807, 2.05) is 0 Å². The Morgan fingerprint density at radius 3 is 3.00 bits per heavy atom. The smallest absolute Gasteiger partial charge is 0.238 e. The van der Waals surface area contributed by atoms with Gasteiger partial charge >= 0.3 is 0 Å². The molecule has 5 heteroatoms. The van der Waals surface area contributed by atoms with E-state index in [-0.39, 0.29) is 0 Å². The van der Waals surface area contributed by atoms with Crippen molar-refractivity contribution in [2.45, 2.75) is 26.3 Å². The van der Waals surface area contributed by atoms with Gasteiger partial charge in [-0.05, 0) is 18.6 Å². The molecule has 1 rings (SSSR count). The lowest BCUT2D eigenvalue weighted by atomic mass is 10.3. The van der Waals surface area contributed by atoms with Crippen molar-refractivity contribution in [3.8, 4) is 0 Å². The predicted octanol–water partition coefficient (Wildman–Crippen LogP) is 1.14. The summed E-state index contributed by atoms with van der Waals surface area (Å²) in [5.74, 6) is 0. The molecule has 0 spiro atoms. The van der Waals surface area contributed by atoms with E-state index in [2.05, 4.69) is 22.4 Å². The number of nitrogens with one attached hydrogen (secondary N) is 1. The molecular formula is C5H10N4S. The molecule has 0 unspecified atom stereocenters. The van der Waals surface area contributed by atoms with Crippen LogP contribution in [0.25, 0.3) is 0 Å². The van der Waals surface area contributed by atoms with E-state index in [9.17, 15) is 0 Å². The molecule has 4 nitrogen and oxygen atoms in total. The molecule has 0 saturated heterocycles. The van der Waals surface area contributed by atoms with Gasteiger partial charge in [-0.3, -0.25) is 0 Å². The molecule has 0 radical (unpaired) electrons. The average Bonchev–Trinajstić information content (AvgIpc) is 2.31. The molecule has 56 valence electrons. The summed E-state index contributed by atoms with van der Waals surface area (Å²) in [6, 6.07) is 0. The fraction of sp³-hybridized carbons (Fsp3) is 0.800. The molecule has 0 aliphatic rings. The molecule has 0 saturated carbocycles. The third-order valence-electron chi connectivity index (χ3n) is 1.27. The van der Waals surface area contributed by atoms with Crippen LogP contribution in [0.2, 0.25) is 0 Å². The van der Waals surface area contributed by atoms with Gasteiger partial charge < -0.3 is 0 Å². The van der Waals surface area contributed by atoms with Gasteiger partial charge in [0.15, 0.2) is 0 Å². The van der Waals surface area contributed by atoms with Crippen LogP contribution >= 0.6 is 12.2 Å². The van der Waals surface area contributed by atoms with Crippen LogP contribution in [0.3, 0.4) is 0 Å². The number of nitrogens with zero attached hydrogens (tertiary/aromatic N) is 3. The van der Waals surface area contributed by atoms with Crippen molar-refractivity contribution in [3.05, 3.63) is 4.77 Å². The first kappa shape index (κ1) is 7.40. The molecule has 0 aliphatic carbocycles. The third kappa shape index (κ3) is 1.63. The molecule has 0 atom stereocenters. The van der Waals surface area contributed by atoms with Gasteiger partial charge in [0.05, 0.1) is 0 Å². The Bertz CT molecular complexity index is 238. The Hall–Kier alpha value is -0.710. The molecule has 0 bridgehead atoms. The van der Waals surface area contributed by atoms with Crippen LogP contribution in [0.15, 0.2) is 0 Å².